The van der Waals surface area contributed by atoms with Crippen molar-refractivity contribution in [2.24, 2.45) is 5.11 Å². The second-order valence-electron chi connectivity index (χ2n) is 10.5. The summed E-state index contributed by atoms with van der Waals surface area (Å²) in [4.78, 5) is 27.1. The Kier molecular flexibility index (Phi) is 26.0. The first kappa shape index (κ1) is 35.2. The van der Waals surface area contributed by atoms with Gasteiger partial charge in [0.15, 0.2) is 0 Å². The monoisotopic (exact) mass is 523 g/mol. The second-order valence-corrected chi connectivity index (χ2v) is 10.5. The van der Waals surface area contributed by atoms with Crippen LogP contribution in [0.15, 0.2) is 5.11 Å². The van der Waals surface area contributed by atoms with Gasteiger partial charge in [-0.05, 0) is 30.4 Å². The number of ether oxygens (including phenoxy) is 2. The van der Waals surface area contributed by atoms with Crippen molar-refractivity contribution in [3.05, 3.63) is 10.4 Å². The number of azide groups is 1. The van der Waals surface area contributed by atoms with Crippen LogP contribution in [0.2, 0.25) is 0 Å². The van der Waals surface area contributed by atoms with E-state index in [1.807, 2.05) is 0 Å². The molecule has 2 unspecified atom stereocenters. The molecule has 0 aromatic carbocycles. The van der Waals surface area contributed by atoms with Crippen LogP contribution in [0, 0.1) is 0 Å². The van der Waals surface area contributed by atoms with Crippen LogP contribution < -0.4 is 0 Å². The Balaban J connectivity index is 3.89. The van der Waals surface area contributed by atoms with Crippen molar-refractivity contribution in [2.45, 2.75) is 181 Å². The topological polar surface area (TPSA) is 101 Å². The number of hydrogen-bond donors (Lipinski definition) is 0. The summed E-state index contributed by atoms with van der Waals surface area (Å²) in [5, 5.41) is 3.54. The molecule has 0 spiro atoms. The van der Waals surface area contributed by atoms with Crippen LogP contribution in [0.1, 0.15) is 168 Å². The lowest BCUT2D eigenvalue weighted by atomic mass is 10.1. The highest BCUT2D eigenvalue weighted by atomic mass is 16.6. The predicted octanol–water partition coefficient (Wildman–Crippen LogP) is 10.1. The Morgan fingerprint density at radius 3 is 1.27 bits per heavy atom. The van der Waals surface area contributed by atoms with Gasteiger partial charge >= 0.3 is 11.9 Å². The average molecular weight is 524 g/mol. The molecule has 2 atom stereocenters. The molecular formula is C30H57N3O4. The molecule has 0 rings (SSSR count). The third-order valence-corrected chi connectivity index (χ3v) is 6.86. The maximum Gasteiger partial charge on any atom is 0.306 e. The normalized spacial score (nSPS) is 12.5. The Morgan fingerprint density at radius 1 is 0.595 bits per heavy atom. The van der Waals surface area contributed by atoms with Crippen molar-refractivity contribution in [3.63, 3.8) is 0 Å². The van der Waals surface area contributed by atoms with Gasteiger partial charge in [0.1, 0.15) is 6.10 Å². The molecule has 0 bridgehead atoms. The molecule has 0 aliphatic rings. The molecule has 0 aliphatic heterocycles. The number of carbonyl (C=O) groups is 2. The van der Waals surface area contributed by atoms with E-state index in [1.165, 1.54) is 96.3 Å². The number of rotatable bonds is 27. The summed E-state index contributed by atoms with van der Waals surface area (Å²) in [6, 6.07) is 0. The lowest BCUT2D eigenvalue weighted by molar-refractivity contribution is -0.166. The molecule has 0 N–H and O–H groups in total. The van der Waals surface area contributed by atoms with Crippen LogP contribution >= 0.6 is 0 Å². The van der Waals surface area contributed by atoms with E-state index in [4.69, 9.17) is 15.0 Å². The number of carbonyl (C=O) groups excluding carboxylic acids is 2. The van der Waals surface area contributed by atoms with Crippen LogP contribution in [-0.4, -0.2) is 24.3 Å². The molecule has 0 aromatic heterocycles. The first-order valence-corrected chi connectivity index (χ1v) is 15.5. The van der Waals surface area contributed by atoms with Gasteiger partial charge in [-0.25, -0.2) is 0 Å². The first-order chi connectivity index (χ1) is 18.0. The van der Waals surface area contributed by atoms with Crippen molar-refractivity contribution in [1.82, 2.24) is 0 Å². The quantitative estimate of drug-likeness (QED) is 0.0351. The second kappa shape index (κ2) is 27.3. The fraction of sp³-hybridized carbons (Fsp3) is 0.933. The largest absolute Gasteiger partial charge is 0.459 e. The number of esters is 2. The Labute approximate surface area is 227 Å². The van der Waals surface area contributed by atoms with E-state index < -0.39 is 18.3 Å². The van der Waals surface area contributed by atoms with Gasteiger partial charge in [-0.15, -0.1) is 0 Å². The summed E-state index contributed by atoms with van der Waals surface area (Å²) in [6.07, 6.45) is 24.0. The van der Waals surface area contributed by atoms with Crippen molar-refractivity contribution >= 4 is 11.9 Å². The molecule has 0 saturated heterocycles. The maximum atomic E-state index is 12.2. The Hall–Kier alpha value is -1.75. The summed E-state index contributed by atoms with van der Waals surface area (Å²) in [6.45, 7) is 6.07. The number of unbranched alkanes of at least 4 members (excludes halogenated alkanes) is 19. The fourth-order valence-electron chi connectivity index (χ4n) is 4.47. The highest BCUT2D eigenvalue weighted by Gasteiger charge is 2.23. The summed E-state index contributed by atoms with van der Waals surface area (Å²) >= 11 is 0. The number of hydrogen-bond acceptors (Lipinski definition) is 5. The van der Waals surface area contributed by atoms with E-state index in [0.29, 0.717) is 6.42 Å². The molecule has 0 radical (unpaired) electrons. The van der Waals surface area contributed by atoms with Crippen LogP contribution in [0.4, 0.5) is 0 Å². The molecule has 0 fully saturated rings. The van der Waals surface area contributed by atoms with Crippen LogP contribution in [-0.2, 0) is 19.1 Å². The van der Waals surface area contributed by atoms with Gasteiger partial charge < -0.3 is 9.47 Å². The van der Waals surface area contributed by atoms with Gasteiger partial charge in [-0.1, -0.05) is 136 Å². The van der Waals surface area contributed by atoms with E-state index in [2.05, 4.69) is 23.9 Å². The molecule has 0 heterocycles. The lowest BCUT2D eigenvalue weighted by Gasteiger charge is -2.20. The molecule has 0 aromatic rings. The van der Waals surface area contributed by atoms with E-state index in [9.17, 15) is 9.59 Å². The molecule has 37 heavy (non-hydrogen) atoms. The molecule has 0 aliphatic carbocycles. The molecule has 0 amide bonds. The third-order valence-electron chi connectivity index (χ3n) is 6.86. The first-order valence-electron chi connectivity index (χ1n) is 15.5. The summed E-state index contributed by atoms with van der Waals surface area (Å²) in [5.74, 6) is -0.752. The van der Waals surface area contributed by atoms with Crippen molar-refractivity contribution in [1.29, 1.82) is 0 Å². The zero-order chi connectivity index (χ0) is 27.4. The third kappa shape index (κ3) is 24.3. The van der Waals surface area contributed by atoms with E-state index in [1.54, 1.807) is 6.92 Å². The van der Waals surface area contributed by atoms with Crippen LogP contribution in [0.25, 0.3) is 10.4 Å². The molecular weight excluding hydrogens is 466 g/mol. The van der Waals surface area contributed by atoms with Gasteiger partial charge in [-0.2, -0.15) is 0 Å². The highest BCUT2D eigenvalue weighted by molar-refractivity contribution is 5.70. The number of nitrogens with zero attached hydrogens (tertiary/aromatic N) is 3. The average Bonchev–Trinajstić information content (AvgIpc) is 2.88. The van der Waals surface area contributed by atoms with Gasteiger partial charge in [-0.3, -0.25) is 9.59 Å². The standard InChI is InChI=1S/C30H57N3O4/c1-4-6-8-10-12-14-16-18-19-21-23-25-28(34)36-27(3)30(32-33-31)37-29(35)26-24-22-20-17-15-13-11-9-7-5-2/h27,30H,4-26H2,1-3H3. The van der Waals surface area contributed by atoms with E-state index in [0.717, 1.165) is 38.5 Å². The summed E-state index contributed by atoms with van der Waals surface area (Å²) < 4.78 is 10.7. The minimum Gasteiger partial charge on any atom is -0.459 e. The zero-order valence-electron chi connectivity index (χ0n) is 24.4. The van der Waals surface area contributed by atoms with Crippen LogP contribution in [0.5, 0.6) is 0 Å². The maximum absolute atomic E-state index is 12.2. The van der Waals surface area contributed by atoms with Gasteiger partial charge in [0, 0.05) is 17.8 Å². The van der Waals surface area contributed by atoms with Crippen molar-refractivity contribution in [3.8, 4) is 0 Å². The Bertz CT molecular complexity index is 593. The minimum atomic E-state index is -1.12. The van der Waals surface area contributed by atoms with Crippen LogP contribution in [0.3, 0.4) is 0 Å². The van der Waals surface area contributed by atoms with Crippen molar-refractivity contribution < 1.29 is 19.1 Å². The van der Waals surface area contributed by atoms with Gasteiger partial charge in [0.2, 0.25) is 6.23 Å². The van der Waals surface area contributed by atoms with Gasteiger partial charge in [0.05, 0.1) is 0 Å². The molecule has 7 heteroatoms. The minimum absolute atomic E-state index is 0.285. The lowest BCUT2D eigenvalue weighted by Crippen LogP contribution is -2.31. The summed E-state index contributed by atoms with van der Waals surface area (Å²) in [5.41, 5.74) is 8.84. The molecule has 0 saturated carbocycles. The van der Waals surface area contributed by atoms with E-state index >= 15 is 0 Å². The zero-order valence-corrected chi connectivity index (χ0v) is 24.4. The van der Waals surface area contributed by atoms with Crippen molar-refractivity contribution in [2.75, 3.05) is 0 Å². The van der Waals surface area contributed by atoms with Gasteiger partial charge in [0.25, 0.3) is 0 Å². The highest BCUT2D eigenvalue weighted by Crippen LogP contribution is 2.15. The smallest absolute Gasteiger partial charge is 0.306 e. The molecule has 216 valence electrons. The SMILES string of the molecule is CCCCCCCCCCCCCC(=O)OC(C)C(N=[N+]=[N-])OC(=O)CCCCCCCCCCCC. The molecule has 7 nitrogen and oxygen atoms in total. The van der Waals surface area contributed by atoms with E-state index in [-0.39, 0.29) is 12.4 Å². The predicted molar refractivity (Wildman–Crippen MR) is 152 cm³/mol. The summed E-state index contributed by atoms with van der Waals surface area (Å²) in [7, 11) is 0. The fourth-order valence-corrected chi connectivity index (χ4v) is 4.47. The Morgan fingerprint density at radius 2 is 0.919 bits per heavy atom.